The smallest absolute Gasteiger partial charge is 0.0781 e. The summed E-state index contributed by atoms with van der Waals surface area (Å²) in [5, 5.41) is 9.45. The predicted octanol–water partition coefficient (Wildman–Crippen LogP) is 4.27. The summed E-state index contributed by atoms with van der Waals surface area (Å²) in [6.45, 7) is 9.84. The Kier molecular flexibility index (Phi) is 13.2. The molecule has 150 valence electrons. The van der Waals surface area contributed by atoms with Gasteiger partial charge in [0.25, 0.3) is 0 Å². The summed E-state index contributed by atoms with van der Waals surface area (Å²) in [7, 11) is 0. The van der Waals surface area contributed by atoms with E-state index >= 15 is 0 Å². The first-order valence-electron chi connectivity index (χ1n) is 10.0. The van der Waals surface area contributed by atoms with Crippen LogP contribution in [0.4, 0.5) is 0 Å². The third-order valence-corrected chi connectivity index (χ3v) is 5.08. The standard InChI is InChI=1S/C20H39ClO4/c1-16(4-6-19-7-8-19)13-23-10-11-25-18(3)15-24-14-17(2)5-9-20(22)12-21/h16-20,22H,4-15H2,1-3H3. The van der Waals surface area contributed by atoms with Gasteiger partial charge in [0.15, 0.2) is 0 Å². The van der Waals surface area contributed by atoms with Crippen molar-refractivity contribution >= 4 is 11.6 Å². The highest BCUT2D eigenvalue weighted by Gasteiger charge is 2.21. The zero-order chi connectivity index (χ0) is 18.5. The quantitative estimate of drug-likeness (QED) is 0.303. The summed E-state index contributed by atoms with van der Waals surface area (Å²) in [5.41, 5.74) is 0. The average Bonchev–Trinajstić information content (AvgIpc) is 3.41. The molecule has 1 rings (SSSR count). The molecule has 0 aromatic heterocycles. The van der Waals surface area contributed by atoms with Crippen LogP contribution in [0.3, 0.4) is 0 Å². The van der Waals surface area contributed by atoms with Crippen LogP contribution >= 0.6 is 11.6 Å². The fraction of sp³-hybridized carbons (Fsp3) is 1.00. The van der Waals surface area contributed by atoms with Gasteiger partial charge in [-0.1, -0.05) is 33.1 Å². The van der Waals surface area contributed by atoms with E-state index in [0.717, 1.165) is 25.4 Å². The normalized spacial score (nSPS) is 19.6. The number of alkyl halides is 1. The number of halogens is 1. The van der Waals surface area contributed by atoms with Crippen molar-refractivity contribution < 1.29 is 19.3 Å². The van der Waals surface area contributed by atoms with E-state index in [1.54, 1.807) is 0 Å². The minimum atomic E-state index is -0.400. The zero-order valence-electron chi connectivity index (χ0n) is 16.4. The molecular formula is C20H39ClO4. The van der Waals surface area contributed by atoms with Crippen molar-refractivity contribution in [2.24, 2.45) is 17.8 Å². The molecule has 1 saturated carbocycles. The van der Waals surface area contributed by atoms with Gasteiger partial charge in [0.05, 0.1) is 32.0 Å². The average molecular weight is 379 g/mol. The van der Waals surface area contributed by atoms with Gasteiger partial charge in [0.2, 0.25) is 0 Å². The largest absolute Gasteiger partial charge is 0.392 e. The lowest BCUT2D eigenvalue weighted by Gasteiger charge is -2.17. The zero-order valence-corrected chi connectivity index (χ0v) is 17.2. The Bertz CT molecular complexity index is 312. The first-order valence-corrected chi connectivity index (χ1v) is 10.6. The molecule has 1 aliphatic rings. The Morgan fingerprint density at radius 3 is 2.28 bits per heavy atom. The first kappa shape index (κ1) is 23.2. The Morgan fingerprint density at radius 1 is 0.920 bits per heavy atom. The third-order valence-electron chi connectivity index (χ3n) is 4.72. The van der Waals surface area contributed by atoms with E-state index in [-0.39, 0.29) is 6.10 Å². The van der Waals surface area contributed by atoms with Crippen LogP contribution in [0.25, 0.3) is 0 Å². The van der Waals surface area contributed by atoms with Crippen molar-refractivity contribution in [2.45, 2.75) is 71.5 Å². The van der Waals surface area contributed by atoms with Gasteiger partial charge in [-0.05, 0) is 43.9 Å². The second-order valence-electron chi connectivity index (χ2n) is 7.91. The van der Waals surface area contributed by atoms with Crippen LogP contribution in [-0.4, -0.2) is 56.2 Å². The molecule has 0 heterocycles. The molecule has 4 nitrogen and oxygen atoms in total. The van der Waals surface area contributed by atoms with Gasteiger partial charge in [-0.3, -0.25) is 0 Å². The highest BCUT2D eigenvalue weighted by molar-refractivity contribution is 6.18. The minimum Gasteiger partial charge on any atom is -0.392 e. The molecule has 5 heteroatoms. The van der Waals surface area contributed by atoms with Crippen molar-refractivity contribution in [3.05, 3.63) is 0 Å². The van der Waals surface area contributed by atoms with Gasteiger partial charge >= 0.3 is 0 Å². The van der Waals surface area contributed by atoms with Crippen molar-refractivity contribution in [3.63, 3.8) is 0 Å². The molecular weight excluding hydrogens is 340 g/mol. The van der Waals surface area contributed by atoms with Crippen molar-refractivity contribution in [1.29, 1.82) is 0 Å². The van der Waals surface area contributed by atoms with Gasteiger partial charge in [0.1, 0.15) is 0 Å². The predicted molar refractivity (Wildman–Crippen MR) is 103 cm³/mol. The van der Waals surface area contributed by atoms with Gasteiger partial charge in [-0.25, -0.2) is 0 Å². The number of aliphatic hydroxyl groups excluding tert-OH is 1. The molecule has 0 bridgehead atoms. The van der Waals surface area contributed by atoms with Crippen molar-refractivity contribution in [1.82, 2.24) is 0 Å². The van der Waals surface area contributed by atoms with Gasteiger partial charge < -0.3 is 19.3 Å². The monoisotopic (exact) mass is 378 g/mol. The molecule has 0 saturated heterocycles. The fourth-order valence-corrected chi connectivity index (χ4v) is 2.88. The van der Waals surface area contributed by atoms with Gasteiger partial charge in [-0.2, -0.15) is 0 Å². The van der Waals surface area contributed by atoms with E-state index < -0.39 is 6.10 Å². The van der Waals surface area contributed by atoms with E-state index in [4.69, 9.17) is 25.8 Å². The van der Waals surface area contributed by atoms with E-state index in [1.807, 2.05) is 6.92 Å². The lowest BCUT2D eigenvalue weighted by atomic mass is 10.0. The molecule has 0 radical (unpaired) electrons. The van der Waals surface area contributed by atoms with E-state index in [0.29, 0.717) is 44.1 Å². The Hall–Kier alpha value is 0.130. The van der Waals surface area contributed by atoms with Crippen LogP contribution in [0.15, 0.2) is 0 Å². The summed E-state index contributed by atoms with van der Waals surface area (Å²) in [5.74, 6) is 2.39. The maximum absolute atomic E-state index is 9.45. The number of aliphatic hydroxyl groups is 1. The molecule has 1 aliphatic carbocycles. The highest BCUT2D eigenvalue weighted by Crippen LogP contribution is 2.34. The molecule has 1 fully saturated rings. The van der Waals surface area contributed by atoms with Crippen LogP contribution in [0.5, 0.6) is 0 Å². The van der Waals surface area contributed by atoms with Crippen LogP contribution in [0.1, 0.15) is 59.3 Å². The van der Waals surface area contributed by atoms with Crippen LogP contribution in [0, 0.1) is 17.8 Å². The number of ether oxygens (including phenoxy) is 3. The minimum absolute atomic E-state index is 0.0801. The molecule has 25 heavy (non-hydrogen) atoms. The summed E-state index contributed by atoms with van der Waals surface area (Å²) in [6.07, 6.45) is 6.88. The Labute approximate surface area is 159 Å². The van der Waals surface area contributed by atoms with Gasteiger partial charge in [-0.15, -0.1) is 11.6 Å². The highest BCUT2D eigenvalue weighted by atomic mass is 35.5. The van der Waals surface area contributed by atoms with Crippen LogP contribution in [0.2, 0.25) is 0 Å². The molecule has 4 unspecified atom stereocenters. The lowest BCUT2D eigenvalue weighted by molar-refractivity contribution is -0.0384. The molecule has 0 aliphatic heterocycles. The third kappa shape index (κ3) is 13.9. The number of hydrogen-bond donors (Lipinski definition) is 1. The second kappa shape index (κ2) is 14.2. The van der Waals surface area contributed by atoms with E-state index in [1.165, 1.54) is 25.7 Å². The van der Waals surface area contributed by atoms with Gasteiger partial charge in [0, 0.05) is 19.1 Å². The SMILES string of the molecule is CC(CCC1CC1)COCCOC(C)COCC(C)CCC(O)CCl. The summed E-state index contributed by atoms with van der Waals surface area (Å²) < 4.78 is 17.1. The Morgan fingerprint density at radius 2 is 1.60 bits per heavy atom. The molecule has 0 aromatic carbocycles. The van der Waals surface area contributed by atoms with E-state index in [9.17, 15) is 5.11 Å². The van der Waals surface area contributed by atoms with Crippen molar-refractivity contribution in [3.8, 4) is 0 Å². The van der Waals surface area contributed by atoms with Crippen molar-refractivity contribution in [2.75, 3.05) is 38.9 Å². The molecule has 0 aromatic rings. The van der Waals surface area contributed by atoms with Crippen LogP contribution in [-0.2, 0) is 14.2 Å². The number of rotatable bonds is 17. The number of hydrogen-bond acceptors (Lipinski definition) is 4. The second-order valence-corrected chi connectivity index (χ2v) is 8.22. The molecule has 0 amide bonds. The summed E-state index contributed by atoms with van der Waals surface area (Å²) >= 11 is 5.59. The first-order chi connectivity index (χ1) is 12.0. The maximum Gasteiger partial charge on any atom is 0.0781 e. The van der Waals surface area contributed by atoms with Crippen LogP contribution < -0.4 is 0 Å². The van der Waals surface area contributed by atoms with E-state index in [2.05, 4.69) is 13.8 Å². The maximum atomic E-state index is 9.45. The fourth-order valence-electron chi connectivity index (χ4n) is 2.72. The molecule has 1 N–H and O–H groups in total. The summed E-state index contributed by atoms with van der Waals surface area (Å²) in [4.78, 5) is 0. The topological polar surface area (TPSA) is 47.9 Å². The Balaban J connectivity index is 1.86. The summed E-state index contributed by atoms with van der Waals surface area (Å²) in [6, 6.07) is 0. The lowest BCUT2D eigenvalue weighted by Crippen LogP contribution is -2.21. The molecule has 0 spiro atoms. The molecule has 4 atom stereocenters.